The summed E-state index contributed by atoms with van der Waals surface area (Å²) in [6.45, 7) is 3.51. The molecule has 1 saturated carbocycles. The Hall–Kier alpha value is -4.00. The van der Waals surface area contributed by atoms with Gasteiger partial charge in [-0.15, -0.1) is 13.2 Å². The monoisotopic (exact) mass is 612 g/mol. The summed E-state index contributed by atoms with van der Waals surface area (Å²) >= 11 is 0. The number of nitrogens with zero attached hydrogens (tertiary/aromatic N) is 2. The second-order valence-corrected chi connectivity index (χ2v) is 10.7. The maximum Gasteiger partial charge on any atom is 0.573 e. The van der Waals surface area contributed by atoms with Gasteiger partial charge in [0.25, 0.3) is 5.91 Å². The topological polar surface area (TPSA) is 104 Å². The number of halogens is 3. The number of amides is 1. The van der Waals surface area contributed by atoms with Gasteiger partial charge >= 0.3 is 6.36 Å². The average Bonchev–Trinajstić information content (AvgIpc) is 3.64. The molecule has 5 rings (SSSR count). The number of nitrogens with one attached hydrogen (secondary N) is 2. The van der Waals surface area contributed by atoms with Crippen molar-refractivity contribution >= 4 is 17.4 Å². The van der Waals surface area contributed by atoms with Crippen molar-refractivity contribution in [2.45, 2.75) is 19.2 Å². The molecule has 12 heteroatoms. The van der Waals surface area contributed by atoms with Crippen LogP contribution in [0.2, 0.25) is 0 Å². The van der Waals surface area contributed by atoms with E-state index in [-0.39, 0.29) is 11.7 Å². The number of hydrogen-bond acceptors (Lipinski definition) is 8. The van der Waals surface area contributed by atoms with Gasteiger partial charge in [-0.3, -0.25) is 4.79 Å². The van der Waals surface area contributed by atoms with Crippen LogP contribution in [0.25, 0.3) is 11.3 Å². The second-order valence-electron chi connectivity index (χ2n) is 10.7. The van der Waals surface area contributed by atoms with Gasteiger partial charge in [0.2, 0.25) is 0 Å². The van der Waals surface area contributed by atoms with Crippen LogP contribution in [-0.4, -0.2) is 68.4 Å². The lowest BCUT2D eigenvalue weighted by Crippen LogP contribution is -2.27. The molecule has 1 amide bonds. The third-order valence-corrected chi connectivity index (χ3v) is 7.47. The minimum atomic E-state index is -4.76. The summed E-state index contributed by atoms with van der Waals surface area (Å²) in [6, 6.07) is 14.0. The standard InChI is InChI=1S/C32H35F3N4O5/c33-32(34,35)44-28-8-6-27(7-9-28)39-30-19-29(37-21-38-30)24-2-1-3-25(18-24)31(40)36-10-11-41-12-13-42-14-15-43-20-26-17-22-4-5-23(26)16-22/h1-9,18-19,21-23,26H,10-17,20H2,(H,36,40)(H,37,38,39)/t22-,23+,26+/m0/s1. The van der Waals surface area contributed by atoms with Crippen molar-refractivity contribution in [3.63, 3.8) is 0 Å². The summed E-state index contributed by atoms with van der Waals surface area (Å²) in [7, 11) is 0. The molecule has 2 aromatic carbocycles. The average molecular weight is 613 g/mol. The van der Waals surface area contributed by atoms with Crippen molar-refractivity contribution in [1.29, 1.82) is 0 Å². The van der Waals surface area contributed by atoms with Crippen LogP contribution in [0.1, 0.15) is 23.2 Å². The molecule has 44 heavy (non-hydrogen) atoms. The van der Waals surface area contributed by atoms with Gasteiger partial charge in [0.1, 0.15) is 17.9 Å². The van der Waals surface area contributed by atoms with Crippen molar-refractivity contribution in [3.05, 3.63) is 78.6 Å². The number of carbonyl (C=O) groups is 1. The molecule has 3 atom stereocenters. The Morgan fingerprint density at radius 3 is 2.39 bits per heavy atom. The molecule has 2 aliphatic carbocycles. The zero-order chi connectivity index (χ0) is 30.8. The highest BCUT2D eigenvalue weighted by Gasteiger charge is 2.35. The van der Waals surface area contributed by atoms with E-state index in [1.165, 1.54) is 43.4 Å². The van der Waals surface area contributed by atoms with E-state index < -0.39 is 6.36 Å². The van der Waals surface area contributed by atoms with Crippen molar-refractivity contribution in [2.75, 3.05) is 51.5 Å². The number of rotatable bonds is 16. The van der Waals surface area contributed by atoms with Crippen molar-refractivity contribution in [3.8, 4) is 17.0 Å². The first-order valence-corrected chi connectivity index (χ1v) is 14.6. The number of hydrogen-bond donors (Lipinski definition) is 2. The predicted octanol–water partition coefficient (Wildman–Crippen LogP) is 5.78. The maximum atomic E-state index is 12.7. The van der Waals surface area contributed by atoms with Gasteiger partial charge in [-0.25, -0.2) is 9.97 Å². The van der Waals surface area contributed by atoms with Crippen LogP contribution in [0, 0.1) is 17.8 Å². The number of carbonyl (C=O) groups excluding carboxylic acids is 1. The van der Waals surface area contributed by atoms with Crippen molar-refractivity contribution in [2.24, 2.45) is 17.8 Å². The van der Waals surface area contributed by atoms with Gasteiger partial charge in [-0.05, 0) is 67.0 Å². The fraction of sp³-hybridized carbons (Fsp3) is 0.406. The highest BCUT2D eigenvalue weighted by molar-refractivity contribution is 5.95. The van der Waals surface area contributed by atoms with E-state index in [4.69, 9.17) is 14.2 Å². The molecule has 1 aromatic heterocycles. The quantitative estimate of drug-likeness (QED) is 0.155. The summed E-state index contributed by atoms with van der Waals surface area (Å²) in [6.07, 6.45) is 3.80. The zero-order valence-corrected chi connectivity index (χ0v) is 24.1. The smallest absolute Gasteiger partial charge is 0.406 e. The molecule has 2 aliphatic rings. The van der Waals surface area contributed by atoms with Gasteiger partial charge < -0.3 is 29.6 Å². The molecule has 2 N–H and O–H groups in total. The largest absolute Gasteiger partial charge is 0.573 e. The number of fused-ring (bicyclic) bond motifs is 2. The zero-order valence-electron chi connectivity index (χ0n) is 24.1. The summed E-state index contributed by atoms with van der Waals surface area (Å²) in [5.41, 5.74) is 2.23. The fourth-order valence-corrected chi connectivity index (χ4v) is 5.39. The van der Waals surface area contributed by atoms with Crippen LogP contribution < -0.4 is 15.4 Å². The first-order valence-electron chi connectivity index (χ1n) is 14.6. The SMILES string of the molecule is O=C(NCCOCCOCCOC[C@H]1C[C@H]2C=C[C@@H]1C2)c1cccc(-c2cc(Nc3ccc(OC(F)(F)F)cc3)ncn2)c1. The van der Waals surface area contributed by atoms with E-state index in [2.05, 4.69) is 37.5 Å². The molecule has 9 nitrogen and oxygen atoms in total. The number of anilines is 2. The molecule has 0 spiro atoms. The van der Waals surface area contributed by atoms with Crippen LogP contribution in [-0.2, 0) is 14.2 Å². The minimum absolute atomic E-state index is 0.247. The van der Waals surface area contributed by atoms with Crippen LogP contribution in [0.4, 0.5) is 24.7 Å². The normalized spacial score (nSPS) is 18.8. The van der Waals surface area contributed by atoms with Crippen LogP contribution in [0.5, 0.6) is 5.75 Å². The molecular weight excluding hydrogens is 577 g/mol. The number of allylic oxidation sites excluding steroid dienone is 2. The predicted molar refractivity (Wildman–Crippen MR) is 158 cm³/mol. The molecule has 1 heterocycles. The van der Waals surface area contributed by atoms with Gasteiger partial charge in [0, 0.05) is 29.4 Å². The molecule has 0 radical (unpaired) electrons. The van der Waals surface area contributed by atoms with E-state index >= 15 is 0 Å². The first kappa shape index (κ1) is 31.4. The molecule has 3 aromatic rings. The molecule has 2 bridgehead atoms. The number of benzene rings is 2. The van der Waals surface area contributed by atoms with Gasteiger partial charge in [0.05, 0.1) is 45.3 Å². The lowest BCUT2D eigenvalue weighted by molar-refractivity contribution is -0.274. The summed E-state index contributed by atoms with van der Waals surface area (Å²) < 4.78 is 57.9. The molecule has 0 aliphatic heterocycles. The van der Waals surface area contributed by atoms with E-state index in [1.807, 2.05) is 6.07 Å². The van der Waals surface area contributed by atoms with E-state index in [0.29, 0.717) is 79.7 Å². The Morgan fingerprint density at radius 1 is 0.886 bits per heavy atom. The summed E-state index contributed by atoms with van der Waals surface area (Å²) in [4.78, 5) is 21.1. The van der Waals surface area contributed by atoms with Crippen molar-refractivity contribution in [1.82, 2.24) is 15.3 Å². The number of aromatic nitrogens is 2. The van der Waals surface area contributed by atoms with E-state index in [1.54, 1.807) is 24.3 Å². The van der Waals surface area contributed by atoms with Gasteiger partial charge in [-0.1, -0.05) is 24.3 Å². The summed E-state index contributed by atoms with van der Waals surface area (Å²) in [5, 5.41) is 5.86. The molecule has 0 unspecified atom stereocenters. The second kappa shape index (κ2) is 15.1. The number of alkyl halides is 3. The van der Waals surface area contributed by atoms with E-state index in [0.717, 1.165) is 12.5 Å². The highest BCUT2D eigenvalue weighted by Crippen LogP contribution is 2.43. The molecule has 234 valence electrons. The minimum Gasteiger partial charge on any atom is -0.406 e. The van der Waals surface area contributed by atoms with E-state index in [9.17, 15) is 18.0 Å². The third kappa shape index (κ3) is 9.50. The summed E-state index contributed by atoms with van der Waals surface area (Å²) in [5.74, 6) is 1.97. The van der Waals surface area contributed by atoms with Gasteiger partial charge in [0.15, 0.2) is 0 Å². The molecule has 1 fully saturated rings. The van der Waals surface area contributed by atoms with Crippen LogP contribution in [0.3, 0.4) is 0 Å². The highest BCUT2D eigenvalue weighted by atomic mass is 19.4. The Labute approximate surface area is 253 Å². The third-order valence-electron chi connectivity index (χ3n) is 7.47. The lowest BCUT2D eigenvalue weighted by atomic mass is 9.95. The molecular formula is C32H35F3N4O5. The maximum absolute atomic E-state index is 12.7. The first-order chi connectivity index (χ1) is 21.3. The van der Waals surface area contributed by atoms with Gasteiger partial charge in [-0.2, -0.15) is 0 Å². The Bertz CT molecular complexity index is 1400. The van der Waals surface area contributed by atoms with Crippen LogP contribution >= 0.6 is 0 Å². The lowest BCUT2D eigenvalue weighted by Gasteiger charge is -2.17. The Morgan fingerprint density at radius 2 is 1.66 bits per heavy atom. The Balaban J connectivity index is 0.977. The number of ether oxygens (including phenoxy) is 4. The fourth-order valence-electron chi connectivity index (χ4n) is 5.39. The molecule has 0 saturated heterocycles. The Kier molecular flexibility index (Phi) is 10.8. The van der Waals surface area contributed by atoms with Crippen molar-refractivity contribution < 1.29 is 36.9 Å². The van der Waals surface area contributed by atoms with Crippen LogP contribution in [0.15, 0.2) is 73.1 Å².